The first-order chi connectivity index (χ1) is 28.2. The van der Waals surface area contributed by atoms with Crippen molar-refractivity contribution in [2.24, 2.45) is 0 Å². The van der Waals surface area contributed by atoms with Gasteiger partial charge >= 0.3 is 0 Å². The van der Waals surface area contributed by atoms with Crippen molar-refractivity contribution in [1.82, 2.24) is 4.98 Å². The van der Waals surface area contributed by atoms with Gasteiger partial charge in [-0.3, -0.25) is 0 Å². The molecular weight excluding hydrogens is 713 g/mol. The second kappa shape index (κ2) is 13.8. The number of hydrogen-bond acceptors (Lipinski definition) is 4. The van der Waals surface area contributed by atoms with Gasteiger partial charge in [0.2, 0.25) is 5.89 Å². The summed E-state index contributed by atoms with van der Waals surface area (Å²) in [6, 6.07) is 73.3. The molecule has 0 amide bonds. The van der Waals surface area contributed by atoms with Gasteiger partial charge in [0.1, 0.15) is 5.52 Å². The molecule has 2 aromatic heterocycles. The minimum atomic E-state index is 0.613. The Bertz CT molecular complexity index is 3210. The number of fused-ring (bicyclic) bond motifs is 5. The molecule has 0 atom stereocenters. The van der Waals surface area contributed by atoms with Crippen LogP contribution in [-0.4, -0.2) is 4.98 Å². The molecule has 0 bridgehead atoms. The van der Waals surface area contributed by atoms with Crippen LogP contribution < -0.4 is 4.90 Å². The standard InChI is InChI=1S/C53H34N2OS/c1-3-12-36(13-4-1)45-32-33-46(52-51(45)54-53(56-52)39-15-5-2-6-16-39)38-24-28-41(29-25-38)55(42-30-31-48-47-19-9-10-21-49(47)57-50(48)34-42)40-26-22-37(23-27-40)44-20-11-17-35-14-7-8-18-43(35)44/h1-34H. The molecule has 4 heteroatoms. The zero-order valence-corrected chi connectivity index (χ0v) is 31.7. The number of benzene rings is 9. The van der Waals surface area contributed by atoms with Crippen LogP contribution in [0.1, 0.15) is 0 Å². The van der Waals surface area contributed by atoms with Gasteiger partial charge in [-0.05, 0) is 93.7 Å². The van der Waals surface area contributed by atoms with Crippen molar-refractivity contribution in [2.75, 3.05) is 4.90 Å². The lowest BCUT2D eigenvalue weighted by molar-refractivity contribution is 0.621. The van der Waals surface area contributed by atoms with E-state index in [4.69, 9.17) is 9.40 Å². The minimum absolute atomic E-state index is 0.613. The molecule has 0 saturated heterocycles. The monoisotopic (exact) mass is 746 g/mol. The van der Waals surface area contributed by atoms with Gasteiger partial charge in [0, 0.05) is 53.9 Å². The topological polar surface area (TPSA) is 29.3 Å². The van der Waals surface area contributed by atoms with Crippen molar-refractivity contribution in [3.8, 4) is 44.8 Å². The Hall–Kier alpha value is -7.27. The Balaban J connectivity index is 1.03. The van der Waals surface area contributed by atoms with E-state index in [1.54, 1.807) is 0 Å². The molecular formula is C53H34N2OS. The maximum absolute atomic E-state index is 6.64. The summed E-state index contributed by atoms with van der Waals surface area (Å²) < 4.78 is 9.20. The predicted molar refractivity (Wildman–Crippen MR) is 241 cm³/mol. The second-order valence-electron chi connectivity index (χ2n) is 14.3. The molecule has 11 aromatic rings. The van der Waals surface area contributed by atoms with Crippen LogP contribution in [0.25, 0.3) is 86.9 Å². The van der Waals surface area contributed by atoms with Crippen molar-refractivity contribution < 1.29 is 4.42 Å². The van der Waals surface area contributed by atoms with Crippen LogP contribution in [0.2, 0.25) is 0 Å². The average Bonchev–Trinajstić information content (AvgIpc) is 3.90. The van der Waals surface area contributed by atoms with Gasteiger partial charge in [-0.25, -0.2) is 4.98 Å². The van der Waals surface area contributed by atoms with Gasteiger partial charge in [0.05, 0.1) is 0 Å². The largest absolute Gasteiger partial charge is 0.435 e. The number of oxazole rings is 1. The third kappa shape index (κ3) is 5.86. The van der Waals surface area contributed by atoms with E-state index < -0.39 is 0 Å². The highest BCUT2D eigenvalue weighted by Gasteiger charge is 2.20. The lowest BCUT2D eigenvalue weighted by atomic mass is 9.97. The van der Waals surface area contributed by atoms with Crippen LogP contribution in [0.4, 0.5) is 17.1 Å². The summed E-state index contributed by atoms with van der Waals surface area (Å²) in [4.78, 5) is 7.44. The quantitative estimate of drug-likeness (QED) is 0.163. The first-order valence-electron chi connectivity index (χ1n) is 19.2. The second-order valence-corrected chi connectivity index (χ2v) is 15.4. The molecule has 268 valence electrons. The lowest BCUT2D eigenvalue weighted by Crippen LogP contribution is -2.09. The maximum Gasteiger partial charge on any atom is 0.227 e. The molecule has 0 radical (unpaired) electrons. The molecule has 11 rings (SSSR count). The van der Waals surface area contributed by atoms with E-state index in [1.807, 2.05) is 47.7 Å². The van der Waals surface area contributed by atoms with Crippen LogP contribution in [0.3, 0.4) is 0 Å². The summed E-state index contributed by atoms with van der Waals surface area (Å²) in [5.74, 6) is 0.613. The lowest BCUT2D eigenvalue weighted by Gasteiger charge is -2.26. The van der Waals surface area contributed by atoms with E-state index in [9.17, 15) is 0 Å². The third-order valence-corrected chi connectivity index (χ3v) is 12.1. The number of nitrogens with zero attached hydrogens (tertiary/aromatic N) is 2. The first kappa shape index (κ1) is 33.1. The Morgan fingerprint density at radius 2 is 0.947 bits per heavy atom. The molecule has 0 fully saturated rings. The number of anilines is 3. The van der Waals surface area contributed by atoms with Gasteiger partial charge in [-0.1, -0.05) is 146 Å². The fourth-order valence-corrected chi connectivity index (χ4v) is 9.29. The molecule has 0 aliphatic heterocycles. The number of hydrogen-bond donors (Lipinski definition) is 0. The van der Waals surface area contributed by atoms with Gasteiger partial charge in [-0.2, -0.15) is 0 Å². The Labute approximate surface area is 334 Å². The summed E-state index contributed by atoms with van der Waals surface area (Å²) in [5.41, 5.74) is 12.5. The van der Waals surface area contributed by atoms with Crippen LogP contribution in [0.5, 0.6) is 0 Å². The van der Waals surface area contributed by atoms with Gasteiger partial charge < -0.3 is 9.32 Å². The Kier molecular flexibility index (Phi) is 8.01. The highest BCUT2D eigenvalue weighted by Crippen LogP contribution is 2.43. The van der Waals surface area contributed by atoms with Crippen LogP contribution in [0, 0.1) is 0 Å². The predicted octanol–water partition coefficient (Wildman–Crippen LogP) is 15.5. The fourth-order valence-electron chi connectivity index (χ4n) is 8.15. The van der Waals surface area contributed by atoms with Gasteiger partial charge in [-0.15, -0.1) is 11.3 Å². The maximum atomic E-state index is 6.64. The average molecular weight is 747 g/mol. The van der Waals surface area contributed by atoms with Crippen molar-refractivity contribution in [1.29, 1.82) is 0 Å². The fraction of sp³-hybridized carbons (Fsp3) is 0. The highest BCUT2D eigenvalue weighted by molar-refractivity contribution is 7.25. The normalized spacial score (nSPS) is 11.5. The van der Waals surface area contributed by atoms with Crippen LogP contribution in [0.15, 0.2) is 211 Å². The summed E-state index contributed by atoms with van der Waals surface area (Å²) >= 11 is 1.84. The smallest absolute Gasteiger partial charge is 0.227 e. The summed E-state index contributed by atoms with van der Waals surface area (Å²) in [6.07, 6.45) is 0. The number of rotatable bonds is 7. The van der Waals surface area contributed by atoms with Crippen molar-refractivity contribution in [3.63, 3.8) is 0 Å². The zero-order valence-electron chi connectivity index (χ0n) is 30.8. The summed E-state index contributed by atoms with van der Waals surface area (Å²) in [6.45, 7) is 0. The van der Waals surface area contributed by atoms with Gasteiger partial charge in [0.15, 0.2) is 5.58 Å². The Morgan fingerprint density at radius 1 is 0.386 bits per heavy atom. The molecule has 0 saturated carbocycles. The molecule has 0 spiro atoms. The van der Waals surface area contributed by atoms with Crippen molar-refractivity contribution in [3.05, 3.63) is 206 Å². The van der Waals surface area contributed by atoms with Crippen molar-refractivity contribution >= 4 is 70.4 Å². The van der Waals surface area contributed by atoms with Crippen LogP contribution >= 0.6 is 11.3 Å². The zero-order chi connectivity index (χ0) is 37.7. The summed E-state index contributed by atoms with van der Waals surface area (Å²) in [5, 5.41) is 5.08. The molecule has 3 nitrogen and oxygen atoms in total. The van der Waals surface area contributed by atoms with E-state index in [2.05, 4.69) is 175 Å². The van der Waals surface area contributed by atoms with Crippen LogP contribution in [-0.2, 0) is 0 Å². The molecule has 0 N–H and O–H groups in total. The van der Waals surface area contributed by atoms with E-state index in [1.165, 1.54) is 42.1 Å². The van der Waals surface area contributed by atoms with Gasteiger partial charge in [0.25, 0.3) is 0 Å². The number of thiophene rings is 1. The molecule has 0 aliphatic carbocycles. The number of aromatic nitrogens is 1. The molecule has 0 unspecified atom stereocenters. The van der Waals surface area contributed by atoms with Crippen molar-refractivity contribution in [2.45, 2.75) is 0 Å². The Morgan fingerprint density at radius 3 is 1.70 bits per heavy atom. The molecule has 9 aromatic carbocycles. The summed E-state index contributed by atoms with van der Waals surface area (Å²) in [7, 11) is 0. The first-order valence-corrected chi connectivity index (χ1v) is 20.0. The van der Waals surface area contributed by atoms with E-state index in [0.29, 0.717) is 5.89 Å². The molecule has 0 aliphatic rings. The SMILES string of the molecule is c1ccc(-c2nc3c(-c4ccccc4)ccc(-c4ccc(N(c5ccc(-c6cccc7ccccc67)cc5)c5ccc6c(c5)sc5ccccc56)cc4)c3o2)cc1. The third-order valence-electron chi connectivity index (χ3n) is 10.9. The molecule has 57 heavy (non-hydrogen) atoms. The van der Waals surface area contributed by atoms with E-state index >= 15 is 0 Å². The van der Waals surface area contributed by atoms with E-state index in [-0.39, 0.29) is 0 Å². The minimum Gasteiger partial charge on any atom is -0.435 e. The highest BCUT2D eigenvalue weighted by atomic mass is 32.1. The molecule has 2 heterocycles. The van der Waals surface area contributed by atoms with E-state index in [0.717, 1.165) is 56.0 Å².